The molecule has 0 heterocycles. The van der Waals surface area contributed by atoms with E-state index in [0.717, 1.165) is 48.8 Å². The predicted molar refractivity (Wildman–Crippen MR) is 141 cm³/mol. The molecule has 1 aliphatic rings. The highest BCUT2D eigenvalue weighted by Gasteiger charge is 2.32. The summed E-state index contributed by atoms with van der Waals surface area (Å²) in [6.45, 7) is 4.47. The van der Waals surface area contributed by atoms with Crippen molar-refractivity contribution in [3.05, 3.63) is 65.2 Å². The summed E-state index contributed by atoms with van der Waals surface area (Å²) in [7, 11) is -2.10. The van der Waals surface area contributed by atoms with E-state index in [9.17, 15) is 13.2 Å². The van der Waals surface area contributed by atoms with Gasteiger partial charge < -0.3 is 10.6 Å². The van der Waals surface area contributed by atoms with Gasteiger partial charge in [0.25, 0.3) is 0 Å². The number of aliphatic imine (C=N–C) groups is 1. The zero-order valence-electron chi connectivity index (χ0n) is 21.0. The Labute approximate surface area is 209 Å². The van der Waals surface area contributed by atoms with Gasteiger partial charge in [-0.15, -0.1) is 0 Å². The van der Waals surface area contributed by atoms with Crippen molar-refractivity contribution >= 4 is 22.1 Å². The number of nitrogens with zero attached hydrogens (tertiary/aromatic N) is 2. The molecule has 1 aliphatic carbocycles. The molecule has 0 unspecified atom stereocenters. The van der Waals surface area contributed by atoms with E-state index in [1.54, 1.807) is 30.3 Å². The van der Waals surface area contributed by atoms with Crippen LogP contribution in [0.5, 0.6) is 0 Å². The van der Waals surface area contributed by atoms with Gasteiger partial charge in [-0.1, -0.05) is 63.1 Å². The number of rotatable bonds is 11. The van der Waals surface area contributed by atoms with Gasteiger partial charge >= 0.3 is 0 Å². The Hall–Kier alpha value is -2.55. The molecule has 0 radical (unpaired) electrons. The number of carbonyl (C=O) groups is 1. The summed E-state index contributed by atoms with van der Waals surface area (Å²) in [5, 5.41) is 0. The third-order valence-corrected chi connectivity index (χ3v) is 7.95. The summed E-state index contributed by atoms with van der Waals surface area (Å²) in [6, 6.07) is 13.7. The van der Waals surface area contributed by atoms with Crippen molar-refractivity contribution in [2.75, 3.05) is 13.7 Å². The highest BCUT2D eigenvalue weighted by atomic mass is 32.2. The van der Waals surface area contributed by atoms with Crippen molar-refractivity contribution in [1.29, 1.82) is 0 Å². The summed E-state index contributed by atoms with van der Waals surface area (Å²) >= 11 is 0. The summed E-state index contributed by atoms with van der Waals surface area (Å²) < 4.78 is 29.3. The van der Waals surface area contributed by atoms with Gasteiger partial charge in [-0.2, -0.15) is 4.72 Å². The Morgan fingerprint density at radius 3 is 2.20 bits per heavy atom. The van der Waals surface area contributed by atoms with Gasteiger partial charge in [0, 0.05) is 19.3 Å². The molecule has 0 aromatic heterocycles. The number of hydrogen-bond acceptors (Lipinski definition) is 5. The molecule has 7 nitrogen and oxygen atoms in total. The van der Waals surface area contributed by atoms with Crippen molar-refractivity contribution in [2.24, 2.45) is 16.6 Å². The average molecular weight is 499 g/mol. The minimum absolute atomic E-state index is 0.152. The molecule has 190 valence electrons. The van der Waals surface area contributed by atoms with Crippen LogP contribution in [0.2, 0.25) is 0 Å². The van der Waals surface area contributed by atoms with E-state index in [0.29, 0.717) is 5.92 Å². The molecule has 0 saturated heterocycles. The van der Waals surface area contributed by atoms with Crippen molar-refractivity contribution < 1.29 is 13.2 Å². The molecule has 1 atom stereocenters. The van der Waals surface area contributed by atoms with Gasteiger partial charge in [0.15, 0.2) is 0 Å². The number of nitrogens with one attached hydrogen (secondary N) is 1. The van der Waals surface area contributed by atoms with Crippen molar-refractivity contribution in [2.45, 2.75) is 69.4 Å². The largest absolute Gasteiger partial charge is 0.341 e. The topological polar surface area (TPSA) is 105 Å². The number of likely N-dealkylation sites (N-methyl/N-ethyl adjacent to an activating group) is 1. The first-order chi connectivity index (χ1) is 16.7. The molecule has 3 N–H and O–H groups in total. The SMILES string of the molecule is CC(C)Cc1ccc(S(=O)(=O)N[C@@H](Cc2ccc(/C=N/CN)cc2)C(=O)N(C)C2CCCC2)cc1. The Morgan fingerprint density at radius 1 is 1.06 bits per heavy atom. The number of benzene rings is 2. The van der Waals surface area contributed by atoms with Gasteiger partial charge in [-0.25, -0.2) is 8.42 Å². The monoisotopic (exact) mass is 498 g/mol. The van der Waals surface area contributed by atoms with Crippen LogP contribution in [-0.2, 0) is 27.7 Å². The molecule has 1 amide bonds. The van der Waals surface area contributed by atoms with Crippen LogP contribution in [0.15, 0.2) is 58.4 Å². The molecular formula is C27H38N4O3S. The van der Waals surface area contributed by atoms with Crippen LogP contribution in [0.3, 0.4) is 0 Å². The lowest BCUT2D eigenvalue weighted by molar-refractivity contribution is -0.133. The lowest BCUT2D eigenvalue weighted by atomic mass is 10.0. The number of carbonyl (C=O) groups excluding carboxylic acids is 1. The first-order valence-corrected chi connectivity index (χ1v) is 13.8. The molecule has 2 aromatic rings. The summed E-state index contributed by atoms with van der Waals surface area (Å²) in [6.07, 6.45) is 6.91. The third-order valence-electron chi connectivity index (χ3n) is 6.46. The highest BCUT2D eigenvalue weighted by molar-refractivity contribution is 7.89. The van der Waals surface area contributed by atoms with E-state index in [-0.39, 0.29) is 29.9 Å². The second kappa shape index (κ2) is 12.4. The van der Waals surface area contributed by atoms with E-state index < -0.39 is 16.1 Å². The fourth-order valence-electron chi connectivity index (χ4n) is 4.56. The molecule has 1 saturated carbocycles. The van der Waals surface area contributed by atoms with Gasteiger partial charge in [0.1, 0.15) is 6.04 Å². The molecule has 8 heteroatoms. The molecule has 3 rings (SSSR count). The normalized spacial score (nSPS) is 15.7. The summed E-state index contributed by atoms with van der Waals surface area (Å²) in [5.74, 6) is 0.280. The standard InChI is InChI=1S/C27H38N4O3S/c1-20(2)16-21-12-14-25(15-13-21)35(33,34)30-26(27(32)31(3)24-6-4-5-7-24)17-22-8-10-23(11-9-22)18-29-19-28/h8-15,18,20,24,26,30H,4-7,16-17,19,28H2,1-3H3/b29-18+/t26-/m0/s1. The maximum Gasteiger partial charge on any atom is 0.241 e. The quantitative estimate of drug-likeness (QED) is 0.463. The van der Waals surface area contributed by atoms with Gasteiger partial charge in [0.05, 0.1) is 11.6 Å². The molecular weight excluding hydrogens is 460 g/mol. The summed E-state index contributed by atoms with van der Waals surface area (Å²) in [5.41, 5.74) is 8.26. The average Bonchev–Trinajstić information content (AvgIpc) is 3.37. The predicted octanol–water partition coefficient (Wildman–Crippen LogP) is 3.51. The second-order valence-corrected chi connectivity index (χ2v) is 11.5. The lowest BCUT2D eigenvalue weighted by Crippen LogP contribution is -2.50. The molecule has 35 heavy (non-hydrogen) atoms. The zero-order chi connectivity index (χ0) is 25.4. The maximum atomic E-state index is 13.5. The first kappa shape index (κ1) is 27.0. The van der Waals surface area contributed by atoms with Gasteiger partial charge in [0.2, 0.25) is 15.9 Å². The fraction of sp³-hybridized carbons (Fsp3) is 0.481. The van der Waals surface area contributed by atoms with Crippen LogP contribution in [0.4, 0.5) is 0 Å². The maximum absolute atomic E-state index is 13.5. The van der Waals surface area contributed by atoms with E-state index in [2.05, 4.69) is 23.6 Å². The Morgan fingerprint density at radius 2 is 1.63 bits per heavy atom. The Balaban J connectivity index is 1.82. The third kappa shape index (κ3) is 7.72. The minimum Gasteiger partial charge on any atom is -0.341 e. The van der Waals surface area contributed by atoms with Crippen LogP contribution in [0.25, 0.3) is 0 Å². The van der Waals surface area contributed by atoms with E-state index in [4.69, 9.17) is 5.73 Å². The summed E-state index contributed by atoms with van der Waals surface area (Å²) in [4.78, 5) is 19.4. The number of nitrogens with two attached hydrogens (primary N) is 1. The van der Waals surface area contributed by atoms with Crippen molar-refractivity contribution in [3.63, 3.8) is 0 Å². The lowest BCUT2D eigenvalue weighted by Gasteiger charge is -2.29. The number of amides is 1. The minimum atomic E-state index is -3.88. The Bertz CT molecular complexity index is 1090. The fourth-order valence-corrected chi connectivity index (χ4v) is 5.75. The molecule has 0 bridgehead atoms. The van der Waals surface area contributed by atoms with Crippen LogP contribution >= 0.6 is 0 Å². The molecule has 0 aliphatic heterocycles. The second-order valence-electron chi connectivity index (χ2n) is 9.74. The first-order valence-electron chi connectivity index (χ1n) is 12.4. The smallest absolute Gasteiger partial charge is 0.241 e. The van der Waals surface area contributed by atoms with Crippen LogP contribution in [0, 0.1) is 5.92 Å². The zero-order valence-corrected chi connectivity index (χ0v) is 21.8. The highest BCUT2D eigenvalue weighted by Crippen LogP contribution is 2.24. The van der Waals surface area contributed by atoms with Crippen molar-refractivity contribution in [3.8, 4) is 0 Å². The van der Waals surface area contributed by atoms with E-state index in [1.807, 2.05) is 36.4 Å². The van der Waals surface area contributed by atoms with E-state index in [1.165, 1.54) is 0 Å². The van der Waals surface area contributed by atoms with Gasteiger partial charge in [-0.05, 0) is 60.4 Å². The Kier molecular flexibility index (Phi) is 9.60. The van der Waals surface area contributed by atoms with Gasteiger partial charge in [-0.3, -0.25) is 9.79 Å². The molecule has 0 spiro atoms. The number of hydrogen-bond donors (Lipinski definition) is 2. The molecule has 1 fully saturated rings. The number of sulfonamides is 1. The van der Waals surface area contributed by atoms with Crippen LogP contribution in [-0.4, -0.2) is 51.2 Å². The molecule has 2 aromatic carbocycles. The van der Waals surface area contributed by atoms with Crippen molar-refractivity contribution in [1.82, 2.24) is 9.62 Å². The van der Waals surface area contributed by atoms with Crippen LogP contribution < -0.4 is 10.5 Å². The van der Waals surface area contributed by atoms with E-state index >= 15 is 0 Å². The van der Waals surface area contributed by atoms with Crippen LogP contribution in [0.1, 0.15) is 56.2 Å².